The van der Waals surface area contributed by atoms with Gasteiger partial charge in [-0.05, 0) is 36.7 Å². The van der Waals surface area contributed by atoms with Crippen LogP contribution in [0.5, 0.6) is 0 Å². The monoisotopic (exact) mass is 467 g/mol. The van der Waals surface area contributed by atoms with Crippen molar-refractivity contribution in [2.45, 2.75) is 30.8 Å². The van der Waals surface area contributed by atoms with E-state index in [-0.39, 0.29) is 23.8 Å². The lowest BCUT2D eigenvalue weighted by molar-refractivity contribution is -0.133. The minimum atomic E-state index is -0.479. The van der Waals surface area contributed by atoms with Crippen LogP contribution in [-0.2, 0) is 9.59 Å². The second-order valence-electron chi connectivity index (χ2n) is 10.0. The molecule has 2 heterocycles. The third kappa shape index (κ3) is 4.48. The Morgan fingerprint density at radius 3 is 1.94 bits per heavy atom. The van der Waals surface area contributed by atoms with Gasteiger partial charge in [0, 0.05) is 25.9 Å². The molecule has 0 bridgehead atoms. The van der Waals surface area contributed by atoms with Gasteiger partial charge in [-0.15, -0.1) is 0 Å². The summed E-state index contributed by atoms with van der Waals surface area (Å²) in [5, 5.41) is 3.32. The molecule has 0 aromatic heterocycles. The topological polar surface area (TPSA) is 52.7 Å². The summed E-state index contributed by atoms with van der Waals surface area (Å²) in [4.78, 5) is 31.3. The zero-order valence-corrected chi connectivity index (χ0v) is 20.4. The summed E-state index contributed by atoms with van der Waals surface area (Å²) in [5.41, 5.74) is 2.61. The molecule has 0 saturated carbocycles. The summed E-state index contributed by atoms with van der Waals surface area (Å²) in [6, 6.07) is 30.3. The number of benzene rings is 3. The zero-order chi connectivity index (χ0) is 24.4. The number of carbonyl (C=O) groups excluding carboxylic acids is 2. The molecule has 5 nitrogen and oxygen atoms in total. The molecule has 35 heavy (non-hydrogen) atoms. The molecule has 2 amide bonds. The number of amides is 2. The Hall–Kier alpha value is -3.44. The van der Waals surface area contributed by atoms with Crippen molar-refractivity contribution in [3.8, 4) is 0 Å². The molecule has 5 heteroatoms. The fourth-order valence-electron chi connectivity index (χ4n) is 6.29. The van der Waals surface area contributed by atoms with Crippen LogP contribution in [0.3, 0.4) is 0 Å². The van der Waals surface area contributed by atoms with E-state index in [9.17, 15) is 9.59 Å². The van der Waals surface area contributed by atoms with Crippen LogP contribution < -0.4 is 5.32 Å². The van der Waals surface area contributed by atoms with Gasteiger partial charge in [0.2, 0.25) is 11.8 Å². The minimum absolute atomic E-state index is 0.0471. The molecule has 2 aliphatic heterocycles. The van der Waals surface area contributed by atoms with Crippen molar-refractivity contribution in [1.82, 2.24) is 15.1 Å². The van der Waals surface area contributed by atoms with E-state index in [2.05, 4.69) is 34.3 Å². The number of piperidine rings is 1. The maximum atomic E-state index is 14.6. The Balaban J connectivity index is 1.62. The number of rotatable bonds is 5. The Bertz CT molecular complexity index is 1130. The van der Waals surface area contributed by atoms with E-state index < -0.39 is 11.5 Å². The van der Waals surface area contributed by atoms with Gasteiger partial charge in [0.15, 0.2) is 0 Å². The number of carbonyl (C=O) groups is 2. The van der Waals surface area contributed by atoms with Crippen LogP contribution in [0.25, 0.3) is 0 Å². The SMILES string of the molecule is CC(=O)N[C@@]12CN(C)CC[C@@H]1[C@@H](c1ccccc1)N(C(=O)C(c1ccccc1)c1ccccc1)C2. The molecule has 2 saturated heterocycles. The van der Waals surface area contributed by atoms with Crippen LogP contribution in [0.1, 0.15) is 42.0 Å². The van der Waals surface area contributed by atoms with Crippen molar-refractivity contribution >= 4 is 11.8 Å². The lowest BCUT2D eigenvalue weighted by atomic mass is 9.76. The maximum Gasteiger partial charge on any atom is 0.235 e. The highest BCUT2D eigenvalue weighted by Gasteiger charge is 2.57. The summed E-state index contributed by atoms with van der Waals surface area (Å²) in [6.45, 7) is 3.75. The first kappa shape index (κ1) is 23.3. The fraction of sp³-hybridized carbons (Fsp3) is 0.333. The van der Waals surface area contributed by atoms with Crippen LogP contribution >= 0.6 is 0 Å². The van der Waals surface area contributed by atoms with Gasteiger partial charge >= 0.3 is 0 Å². The van der Waals surface area contributed by atoms with Gasteiger partial charge in [0.25, 0.3) is 0 Å². The van der Waals surface area contributed by atoms with Crippen LogP contribution in [0.15, 0.2) is 91.0 Å². The van der Waals surface area contributed by atoms with Gasteiger partial charge in [0.1, 0.15) is 0 Å². The predicted molar refractivity (Wildman–Crippen MR) is 138 cm³/mol. The molecule has 180 valence electrons. The molecule has 0 aliphatic carbocycles. The van der Waals surface area contributed by atoms with Crippen molar-refractivity contribution in [2.24, 2.45) is 5.92 Å². The molecule has 0 radical (unpaired) electrons. The van der Waals surface area contributed by atoms with E-state index >= 15 is 0 Å². The minimum Gasteiger partial charge on any atom is -0.347 e. The highest BCUT2D eigenvalue weighted by atomic mass is 16.2. The number of nitrogens with zero attached hydrogens (tertiary/aromatic N) is 2. The summed E-state index contributed by atoms with van der Waals surface area (Å²) < 4.78 is 0. The fourth-order valence-corrected chi connectivity index (χ4v) is 6.29. The van der Waals surface area contributed by atoms with E-state index in [1.807, 2.05) is 78.9 Å². The number of hydrogen-bond acceptors (Lipinski definition) is 3. The van der Waals surface area contributed by atoms with Gasteiger partial charge in [-0.25, -0.2) is 0 Å². The van der Waals surface area contributed by atoms with Crippen molar-refractivity contribution < 1.29 is 9.59 Å². The standard InChI is InChI=1S/C30H33N3O2/c1-22(34)31-30-20-32(2)19-18-26(30)28(25-16-10-5-11-17-25)33(21-30)29(35)27(23-12-6-3-7-13-23)24-14-8-4-9-15-24/h3-17,26-28H,18-21H2,1-2H3,(H,31,34)/t26-,28-,30-/m1/s1. The smallest absolute Gasteiger partial charge is 0.235 e. The normalized spacial score (nSPS) is 24.3. The van der Waals surface area contributed by atoms with Crippen LogP contribution in [0.2, 0.25) is 0 Å². The molecular weight excluding hydrogens is 434 g/mol. The summed E-state index contributed by atoms with van der Waals surface area (Å²) in [7, 11) is 2.10. The van der Waals surface area contributed by atoms with E-state index in [1.54, 1.807) is 6.92 Å². The second-order valence-corrected chi connectivity index (χ2v) is 10.0. The Kier molecular flexibility index (Phi) is 6.44. The molecule has 3 atom stereocenters. The van der Waals surface area contributed by atoms with Crippen molar-refractivity contribution in [2.75, 3.05) is 26.7 Å². The van der Waals surface area contributed by atoms with Crippen molar-refractivity contribution in [1.29, 1.82) is 0 Å². The average Bonchev–Trinajstić information content (AvgIpc) is 3.19. The van der Waals surface area contributed by atoms with E-state index in [0.29, 0.717) is 6.54 Å². The van der Waals surface area contributed by atoms with Crippen molar-refractivity contribution in [3.05, 3.63) is 108 Å². The summed E-state index contributed by atoms with van der Waals surface area (Å²) >= 11 is 0. The molecule has 1 N–H and O–H groups in total. The quantitative estimate of drug-likeness (QED) is 0.611. The maximum absolute atomic E-state index is 14.6. The number of likely N-dealkylation sites (tertiary alicyclic amines) is 2. The van der Waals surface area contributed by atoms with Gasteiger partial charge in [-0.2, -0.15) is 0 Å². The van der Waals surface area contributed by atoms with Crippen LogP contribution in [-0.4, -0.2) is 53.8 Å². The predicted octanol–water partition coefficient (Wildman–Crippen LogP) is 4.23. The van der Waals surface area contributed by atoms with E-state index in [1.165, 1.54) is 0 Å². The lowest BCUT2D eigenvalue weighted by Crippen LogP contribution is -2.63. The molecule has 3 aromatic rings. The first-order chi connectivity index (χ1) is 17.0. The Morgan fingerprint density at radius 2 is 1.40 bits per heavy atom. The van der Waals surface area contributed by atoms with Crippen LogP contribution in [0, 0.1) is 5.92 Å². The molecular formula is C30H33N3O2. The van der Waals surface area contributed by atoms with E-state index in [0.717, 1.165) is 36.2 Å². The zero-order valence-electron chi connectivity index (χ0n) is 20.4. The first-order valence-electron chi connectivity index (χ1n) is 12.4. The third-order valence-corrected chi connectivity index (χ3v) is 7.61. The average molecular weight is 468 g/mol. The van der Waals surface area contributed by atoms with Gasteiger partial charge in [-0.1, -0.05) is 91.0 Å². The highest BCUT2D eigenvalue weighted by Crippen LogP contribution is 2.48. The van der Waals surface area contributed by atoms with Crippen molar-refractivity contribution in [3.63, 3.8) is 0 Å². The third-order valence-electron chi connectivity index (χ3n) is 7.61. The molecule has 0 spiro atoms. The van der Waals surface area contributed by atoms with Gasteiger partial charge < -0.3 is 15.1 Å². The molecule has 0 unspecified atom stereocenters. The number of likely N-dealkylation sites (N-methyl/N-ethyl adjacent to an activating group) is 1. The lowest BCUT2D eigenvalue weighted by Gasteiger charge is -2.44. The van der Waals surface area contributed by atoms with Gasteiger partial charge in [0.05, 0.1) is 17.5 Å². The first-order valence-corrected chi connectivity index (χ1v) is 12.4. The molecule has 3 aromatic carbocycles. The molecule has 5 rings (SSSR count). The second kappa shape index (κ2) is 9.67. The van der Waals surface area contributed by atoms with Gasteiger partial charge in [-0.3, -0.25) is 9.59 Å². The summed E-state index contributed by atoms with van der Waals surface area (Å²) in [6.07, 6.45) is 0.918. The Morgan fingerprint density at radius 1 is 0.857 bits per heavy atom. The molecule has 2 aliphatic rings. The number of nitrogens with one attached hydrogen (secondary N) is 1. The summed E-state index contributed by atoms with van der Waals surface area (Å²) in [5.74, 6) is -0.232. The largest absolute Gasteiger partial charge is 0.347 e. The highest BCUT2D eigenvalue weighted by molar-refractivity contribution is 5.88. The number of hydrogen-bond donors (Lipinski definition) is 1. The van der Waals surface area contributed by atoms with E-state index in [4.69, 9.17) is 0 Å². The number of fused-ring (bicyclic) bond motifs is 1. The Labute approximate surface area is 207 Å². The van der Waals surface area contributed by atoms with Crippen LogP contribution in [0.4, 0.5) is 0 Å². The molecule has 2 fully saturated rings.